The summed E-state index contributed by atoms with van der Waals surface area (Å²) in [5, 5.41) is 10.5. The lowest BCUT2D eigenvalue weighted by atomic mass is 10.1. The fourth-order valence-electron chi connectivity index (χ4n) is 1.75. The summed E-state index contributed by atoms with van der Waals surface area (Å²) in [5.74, 6) is -1.47. The molecular weight excluding hydrogens is 263 g/mol. The van der Waals surface area contributed by atoms with Crippen LogP contribution in [-0.4, -0.2) is 17.9 Å². The Bertz CT molecular complexity index is 659. The van der Waals surface area contributed by atoms with E-state index in [2.05, 4.69) is 0 Å². The molecule has 2 aromatic carbocycles. The number of halogens is 1. The normalized spacial score (nSPS) is 10.1. The molecular formula is C14H11FN2O3. The van der Waals surface area contributed by atoms with Crippen molar-refractivity contribution in [1.29, 1.82) is 0 Å². The van der Waals surface area contributed by atoms with Gasteiger partial charge in [0.05, 0.1) is 4.92 Å². The zero-order chi connectivity index (χ0) is 14.7. The van der Waals surface area contributed by atoms with Crippen LogP contribution in [-0.2, 0) is 0 Å². The molecule has 1 amide bonds. The number of anilines is 1. The number of amides is 1. The van der Waals surface area contributed by atoms with Crippen molar-refractivity contribution in [3.05, 3.63) is 70.0 Å². The number of nitro groups is 1. The fourth-order valence-corrected chi connectivity index (χ4v) is 1.75. The van der Waals surface area contributed by atoms with Gasteiger partial charge >= 0.3 is 5.69 Å². The van der Waals surface area contributed by atoms with Gasteiger partial charge in [-0.05, 0) is 24.3 Å². The molecule has 0 N–H and O–H groups in total. The molecule has 0 aliphatic carbocycles. The van der Waals surface area contributed by atoms with Crippen LogP contribution in [0.25, 0.3) is 0 Å². The Hall–Kier alpha value is -2.76. The summed E-state index contributed by atoms with van der Waals surface area (Å²) in [7, 11) is 1.55. The lowest BCUT2D eigenvalue weighted by Crippen LogP contribution is -2.26. The van der Waals surface area contributed by atoms with Gasteiger partial charge in [0, 0.05) is 24.4 Å². The summed E-state index contributed by atoms with van der Waals surface area (Å²) in [5.41, 5.74) is 0.0552. The number of hydrogen-bond donors (Lipinski definition) is 0. The Morgan fingerprint density at radius 3 is 2.40 bits per heavy atom. The average molecular weight is 274 g/mol. The highest BCUT2D eigenvalue weighted by Crippen LogP contribution is 2.20. The van der Waals surface area contributed by atoms with Crippen molar-refractivity contribution in [3.63, 3.8) is 0 Å². The lowest BCUT2D eigenvalue weighted by Gasteiger charge is -2.17. The second kappa shape index (κ2) is 5.48. The summed E-state index contributed by atoms with van der Waals surface area (Å²) < 4.78 is 13.5. The van der Waals surface area contributed by atoms with Crippen molar-refractivity contribution in [2.75, 3.05) is 11.9 Å². The number of nitro benzene ring substituents is 1. The standard InChI is InChI=1S/C14H11FN2O3/c1-16(11-5-3-2-4-6-11)14(18)10-7-8-13(17(19)20)12(15)9-10/h2-9H,1H3. The van der Waals surface area contributed by atoms with Crippen LogP contribution in [0.1, 0.15) is 10.4 Å². The van der Waals surface area contributed by atoms with E-state index in [-0.39, 0.29) is 5.56 Å². The van der Waals surface area contributed by atoms with Crippen LogP contribution in [0.4, 0.5) is 15.8 Å². The topological polar surface area (TPSA) is 63.5 Å². The van der Waals surface area contributed by atoms with E-state index in [9.17, 15) is 19.3 Å². The number of hydrogen-bond acceptors (Lipinski definition) is 3. The maximum absolute atomic E-state index is 13.5. The number of para-hydroxylation sites is 1. The van der Waals surface area contributed by atoms with Gasteiger partial charge in [0.15, 0.2) is 0 Å². The number of nitrogens with zero attached hydrogens (tertiary/aromatic N) is 2. The Balaban J connectivity index is 2.30. The summed E-state index contributed by atoms with van der Waals surface area (Å²) in [6.45, 7) is 0. The first-order valence-corrected chi connectivity index (χ1v) is 5.78. The molecule has 0 spiro atoms. The predicted octanol–water partition coefficient (Wildman–Crippen LogP) is 3.01. The van der Waals surface area contributed by atoms with Crippen LogP contribution in [0, 0.1) is 15.9 Å². The molecule has 102 valence electrons. The monoisotopic (exact) mass is 274 g/mol. The number of carbonyl (C=O) groups is 1. The van der Waals surface area contributed by atoms with E-state index in [1.165, 1.54) is 11.0 Å². The summed E-state index contributed by atoms with van der Waals surface area (Å²) in [6.07, 6.45) is 0. The van der Waals surface area contributed by atoms with Crippen LogP contribution in [0.5, 0.6) is 0 Å². The molecule has 0 atom stereocenters. The van der Waals surface area contributed by atoms with Crippen LogP contribution < -0.4 is 4.90 Å². The number of rotatable bonds is 3. The van der Waals surface area contributed by atoms with Gasteiger partial charge in [0.25, 0.3) is 5.91 Å². The van der Waals surface area contributed by atoms with E-state index in [4.69, 9.17) is 0 Å². The number of carbonyl (C=O) groups excluding carboxylic acids is 1. The molecule has 0 saturated carbocycles. The van der Waals surface area contributed by atoms with E-state index in [1.807, 2.05) is 6.07 Å². The quantitative estimate of drug-likeness (QED) is 0.638. The molecule has 20 heavy (non-hydrogen) atoms. The van der Waals surface area contributed by atoms with Crippen molar-refractivity contribution < 1.29 is 14.1 Å². The first-order valence-electron chi connectivity index (χ1n) is 5.78. The van der Waals surface area contributed by atoms with Gasteiger partial charge in [-0.2, -0.15) is 4.39 Å². The second-order valence-corrected chi connectivity index (χ2v) is 4.12. The van der Waals surface area contributed by atoms with Crippen molar-refractivity contribution in [2.45, 2.75) is 0 Å². The van der Waals surface area contributed by atoms with Gasteiger partial charge in [0.1, 0.15) is 0 Å². The zero-order valence-electron chi connectivity index (χ0n) is 10.6. The Kier molecular flexibility index (Phi) is 3.74. The van der Waals surface area contributed by atoms with Crippen molar-refractivity contribution in [3.8, 4) is 0 Å². The predicted molar refractivity (Wildman–Crippen MR) is 72.2 cm³/mol. The maximum Gasteiger partial charge on any atom is 0.304 e. The minimum atomic E-state index is -1.03. The molecule has 0 fully saturated rings. The molecule has 0 saturated heterocycles. The zero-order valence-corrected chi connectivity index (χ0v) is 10.6. The molecule has 5 nitrogen and oxygen atoms in total. The maximum atomic E-state index is 13.5. The van der Waals surface area contributed by atoms with Gasteiger partial charge in [-0.25, -0.2) is 0 Å². The second-order valence-electron chi connectivity index (χ2n) is 4.12. The van der Waals surface area contributed by atoms with E-state index in [1.54, 1.807) is 31.3 Å². The summed E-state index contributed by atoms with van der Waals surface area (Å²) in [4.78, 5) is 23.2. The van der Waals surface area contributed by atoms with Crippen LogP contribution in [0.15, 0.2) is 48.5 Å². The number of benzene rings is 2. The Labute approximate surface area is 114 Å². The molecule has 2 rings (SSSR count). The van der Waals surface area contributed by atoms with Crippen molar-refractivity contribution >= 4 is 17.3 Å². The third-order valence-electron chi connectivity index (χ3n) is 2.84. The molecule has 6 heteroatoms. The van der Waals surface area contributed by atoms with E-state index >= 15 is 0 Å². The fraction of sp³-hybridized carbons (Fsp3) is 0.0714. The van der Waals surface area contributed by atoms with E-state index < -0.39 is 22.3 Å². The van der Waals surface area contributed by atoms with Crippen molar-refractivity contribution in [2.24, 2.45) is 0 Å². The van der Waals surface area contributed by atoms with Gasteiger partial charge < -0.3 is 4.90 Å². The molecule has 0 unspecified atom stereocenters. The molecule has 2 aromatic rings. The third-order valence-corrected chi connectivity index (χ3v) is 2.84. The minimum absolute atomic E-state index is 0.0550. The van der Waals surface area contributed by atoms with Crippen LogP contribution in [0.3, 0.4) is 0 Å². The van der Waals surface area contributed by atoms with Crippen LogP contribution in [0.2, 0.25) is 0 Å². The highest BCUT2D eigenvalue weighted by molar-refractivity contribution is 6.05. The SMILES string of the molecule is CN(C(=O)c1ccc([N+](=O)[O-])c(F)c1)c1ccccc1. The van der Waals surface area contributed by atoms with Crippen molar-refractivity contribution in [1.82, 2.24) is 0 Å². The smallest absolute Gasteiger partial charge is 0.304 e. The molecule has 0 aliphatic rings. The Morgan fingerprint density at radius 1 is 1.20 bits per heavy atom. The first-order chi connectivity index (χ1) is 9.50. The lowest BCUT2D eigenvalue weighted by molar-refractivity contribution is -0.387. The van der Waals surface area contributed by atoms with E-state index in [0.717, 1.165) is 12.1 Å². The summed E-state index contributed by atoms with van der Waals surface area (Å²) >= 11 is 0. The van der Waals surface area contributed by atoms with Gasteiger partial charge in [-0.3, -0.25) is 14.9 Å². The van der Waals surface area contributed by atoms with E-state index in [0.29, 0.717) is 5.69 Å². The largest absolute Gasteiger partial charge is 0.311 e. The van der Waals surface area contributed by atoms with Gasteiger partial charge in [0.2, 0.25) is 5.82 Å². The molecule has 0 aliphatic heterocycles. The molecule has 0 heterocycles. The van der Waals surface area contributed by atoms with Gasteiger partial charge in [-0.15, -0.1) is 0 Å². The average Bonchev–Trinajstić information content (AvgIpc) is 2.46. The summed E-state index contributed by atoms with van der Waals surface area (Å²) in [6, 6.07) is 11.9. The van der Waals surface area contributed by atoms with Crippen LogP contribution >= 0.6 is 0 Å². The molecule has 0 bridgehead atoms. The third kappa shape index (κ3) is 2.64. The highest BCUT2D eigenvalue weighted by Gasteiger charge is 2.19. The Morgan fingerprint density at radius 2 is 1.85 bits per heavy atom. The minimum Gasteiger partial charge on any atom is -0.311 e. The highest BCUT2D eigenvalue weighted by atomic mass is 19.1. The molecule has 0 aromatic heterocycles. The first kappa shape index (κ1) is 13.7. The molecule has 0 radical (unpaired) electrons. The van der Waals surface area contributed by atoms with Gasteiger partial charge in [-0.1, -0.05) is 18.2 Å².